The molecule has 1 aliphatic rings. The summed E-state index contributed by atoms with van der Waals surface area (Å²) in [4.78, 5) is 26.5. The SMILES string of the molecule is Cc1nc(C#CCNC(=O)OCC2c3ccccc3-c3ccccc32)ccc1[N+](=O)[O-]. The minimum absolute atomic E-state index is 0.00322. The number of hydrogen-bond donors (Lipinski definition) is 1. The Labute approximate surface area is 179 Å². The number of pyridine rings is 1. The van der Waals surface area contributed by atoms with Gasteiger partial charge in [-0.15, -0.1) is 0 Å². The summed E-state index contributed by atoms with van der Waals surface area (Å²) in [5, 5.41) is 13.4. The minimum atomic E-state index is -0.552. The van der Waals surface area contributed by atoms with Gasteiger partial charge in [-0.2, -0.15) is 0 Å². The lowest BCUT2D eigenvalue weighted by Crippen LogP contribution is -2.26. The highest BCUT2D eigenvalue weighted by atomic mass is 16.6. The van der Waals surface area contributed by atoms with Crippen molar-refractivity contribution < 1.29 is 14.5 Å². The van der Waals surface area contributed by atoms with Crippen molar-refractivity contribution in [1.29, 1.82) is 0 Å². The first-order chi connectivity index (χ1) is 15.0. The normalized spacial score (nSPS) is 11.6. The van der Waals surface area contributed by atoms with Crippen LogP contribution >= 0.6 is 0 Å². The Morgan fingerprint density at radius 2 is 1.74 bits per heavy atom. The maximum Gasteiger partial charge on any atom is 0.407 e. The largest absolute Gasteiger partial charge is 0.449 e. The average Bonchev–Trinajstić information content (AvgIpc) is 3.09. The van der Waals surface area contributed by atoms with Crippen LogP contribution in [0.5, 0.6) is 0 Å². The number of ether oxygens (including phenoxy) is 1. The van der Waals surface area contributed by atoms with Crippen LogP contribution in [0.25, 0.3) is 11.1 Å². The van der Waals surface area contributed by atoms with Gasteiger partial charge >= 0.3 is 6.09 Å². The molecule has 0 fully saturated rings. The van der Waals surface area contributed by atoms with Crippen LogP contribution in [-0.4, -0.2) is 29.2 Å². The molecule has 0 saturated carbocycles. The number of carbonyl (C=O) groups excluding carboxylic acids is 1. The number of rotatable bonds is 4. The van der Waals surface area contributed by atoms with Crippen LogP contribution in [-0.2, 0) is 4.74 Å². The van der Waals surface area contributed by atoms with Crippen LogP contribution < -0.4 is 5.32 Å². The fourth-order valence-electron chi connectivity index (χ4n) is 3.72. The lowest BCUT2D eigenvalue weighted by atomic mass is 9.98. The highest BCUT2D eigenvalue weighted by Gasteiger charge is 2.28. The summed E-state index contributed by atoms with van der Waals surface area (Å²) < 4.78 is 5.44. The Kier molecular flexibility index (Phi) is 5.63. The van der Waals surface area contributed by atoms with Gasteiger partial charge in [-0.25, -0.2) is 9.78 Å². The molecule has 7 heteroatoms. The van der Waals surface area contributed by atoms with Gasteiger partial charge in [0.05, 0.1) is 11.5 Å². The first-order valence-electron chi connectivity index (χ1n) is 9.74. The molecule has 0 saturated heterocycles. The monoisotopic (exact) mass is 413 g/mol. The molecule has 1 heterocycles. The maximum atomic E-state index is 12.1. The van der Waals surface area contributed by atoms with E-state index in [1.807, 2.05) is 24.3 Å². The summed E-state index contributed by atoms with van der Waals surface area (Å²) >= 11 is 0. The van der Waals surface area contributed by atoms with Crippen molar-refractivity contribution in [3.8, 4) is 23.0 Å². The van der Waals surface area contributed by atoms with E-state index in [4.69, 9.17) is 4.74 Å². The molecule has 0 aliphatic heterocycles. The fourth-order valence-corrected chi connectivity index (χ4v) is 3.72. The number of aryl methyl sites for hydroxylation is 1. The summed E-state index contributed by atoms with van der Waals surface area (Å²) in [5.74, 6) is 5.55. The van der Waals surface area contributed by atoms with E-state index in [1.165, 1.54) is 23.3 Å². The Hall–Kier alpha value is -4.18. The second kappa shape index (κ2) is 8.67. The number of carbonyl (C=O) groups is 1. The molecule has 1 amide bonds. The smallest absolute Gasteiger partial charge is 0.407 e. The van der Waals surface area contributed by atoms with E-state index in [0.29, 0.717) is 11.4 Å². The molecule has 2 aromatic carbocycles. The van der Waals surface area contributed by atoms with Crippen molar-refractivity contribution in [3.63, 3.8) is 0 Å². The summed E-state index contributed by atoms with van der Waals surface area (Å²) in [6.07, 6.45) is -0.552. The van der Waals surface area contributed by atoms with Crippen LogP contribution in [0.15, 0.2) is 60.7 Å². The summed E-state index contributed by atoms with van der Waals surface area (Å²) in [6, 6.07) is 19.1. The predicted molar refractivity (Wildman–Crippen MR) is 116 cm³/mol. The quantitative estimate of drug-likeness (QED) is 0.393. The zero-order valence-electron chi connectivity index (χ0n) is 16.8. The van der Waals surface area contributed by atoms with E-state index in [2.05, 4.69) is 46.4 Å². The number of alkyl carbamates (subject to hydrolysis) is 1. The van der Waals surface area contributed by atoms with Crippen molar-refractivity contribution >= 4 is 11.8 Å². The van der Waals surface area contributed by atoms with Gasteiger partial charge in [-0.1, -0.05) is 54.5 Å². The van der Waals surface area contributed by atoms with Gasteiger partial charge in [0, 0.05) is 12.0 Å². The Balaban J connectivity index is 1.34. The van der Waals surface area contributed by atoms with Crippen LogP contribution in [0.3, 0.4) is 0 Å². The minimum Gasteiger partial charge on any atom is -0.449 e. The zero-order valence-corrected chi connectivity index (χ0v) is 16.8. The van der Waals surface area contributed by atoms with Crippen molar-refractivity contribution in [3.05, 3.63) is 93.3 Å². The van der Waals surface area contributed by atoms with Gasteiger partial charge in [-0.3, -0.25) is 10.1 Å². The summed E-state index contributed by atoms with van der Waals surface area (Å²) in [7, 11) is 0. The van der Waals surface area contributed by atoms with Crippen LogP contribution in [0.4, 0.5) is 10.5 Å². The third-order valence-electron chi connectivity index (χ3n) is 5.14. The molecular weight excluding hydrogens is 394 g/mol. The van der Waals surface area contributed by atoms with Crippen LogP contribution in [0.1, 0.15) is 28.4 Å². The van der Waals surface area contributed by atoms with Gasteiger partial charge in [0.2, 0.25) is 0 Å². The van der Waals surface area contributed by atoms with Gasteiger partial charge in [-0.05, 0) is 41.2 Å². The summed E-state index contributed by atoms with van der Waals surface area (Å²) in [5.41, 5.74) is 5.28. The molecule has 3 aromatic rings. The van der Waals surface area contributed by atoms with Crippen molar-refractivity contribution in [1.82, 2.24) is 10.3 Å². The molecule has 4 rings (SSSR count). The Morgan fingerprint density at radius 1 is 1.10 bits per heavy atom. The first-order valence-corrected chi connectivity index (χ1v) is 9.74. The first kappa shape index (κ1) is 20.1. The number of nitro groups is 1. The topological polar surface area (TPSA) is 94.4 Å². The Morgan fingerprint density at radius 3 is 2.35 bits per heavy atom. The number of hydrogen-bond acceptors (Lipinski definition) is 5. The van der Waals surface area contributed by atoms with Crippen molar-refractivity contribution in [2.24, 2.45) is 0 Å². The molecule has 1 N–H and O–H groups in total. The number of aromatic nitrogens is 1. The van der Waals surface area contributed by atoms with Crippen LogP contribution in [0.2, 0.25) is 0 Å². The highest BCUT2D eigenvalue weighted by molar-refractivity contribution is 5.79. The number of amides is 1. The zero-order chi connectivity index (χ0) is 21.8. The van der Waals surface area contributed by atoms with Crippen molar-refractivity contribution in [2.45, 2.75) is 12.8 Å². The molecule has 0 unspecified atom stereocenters. The lowest BCUT2D eigenvalue weighted by Gasteiger charge is -2.14. The number of fused-ring (bicyclic) bond motifs is 3. The highest BCUT2D eigenvalue weighted by Crippen LogP contribution is 2.44. The number of benzene rings is 2. The third kappa shape index (κ3) is 4.23. The average molecular weight is 413 g/mol. The molecule has 1 aliphatic carbocycles. The van der Waals surface area contributed by atoms with Gasteiger partial charge < -0.3 is 10.1 Å². The second-order valence-electron chi connectivity index (χ2n) is 7.04. The van der Waals surface area contributed by atoms with Crippen molar-refractivity contribution in [2.75, 3.05) is 13.2 Å². The lowest BCUT2D eigenvalue weighted by molar-refractivity contribution is -0.385. The number of nitrogens with one attached hydrogen (secondary N) is 1. The number of nitrogens with zero attached hydrogens (tertiary/aromatic N) is 2. The van der Waals surface area contributed by atoms with Gasteiger partial charge in [0.1, 0.15) is 18.0 Å². The van der Waals surface area contributed by atoms with E-state index in [-0.39, 0.29) is 24.8 Å². The maximum absolute atomic E-state index is 12.1. The molecule has 0 spiro atoms. The van der Waals surface area contributed by atoms with Gasteiger partial charge in [0.15, 0.2) is 0 Å². The van der Waals surface area contributed by atoms with E-state index in [0.717, 1.165) is 11.1 Å². The standard InChI is InChI=1S/C24H19N3O4/c1-16-23(27(29)30)13-12-17(26-16)7-6-14-25-24(28)31-15-22-20-10-4-2-8-18(20)19-9-3-5-11-21(19)22/h2-5,8-13,22H,14-15H2,1H3,(H,25,28). The molecule has 7 nitrogen and oxygen atoms in total. The van der Waals surface area contributed by atoms with E-state index < -0.39 is 11.0 Å². The van der Waals surface area contributed by atoms with E-state index in [9.17, 15) is 14.9 Å². The predicted octanol–water partition coefficient (Wildman–Crippen LogP) is 4.19. The molecule has 0 atom stereocenters. The third-order valence-corrected chi connectivity index (χ3v) is 5.14. The van der Waals surface area contributed by atoms with E-state index >= 15 is 0 Å². The molecule has 0 bridgehead atoms. The molecule has 0 radical (unpaired) electrons. The fraction of sp³-hybridized carbons (Fsp3) is 0.167. The van der Waals surface area contributed by atoms with Gasteiger partial charge in [0.25, 0.3) is 5.69 Å². The second-order valence-corrected chi connectivity index (χ2v) is 7.04. The molecule has 154 valence electrons. The summed E-state index contributed by atoms with van der Waals surface area (Å²) in [6.45, 7) is 1.86. The van der Waals surface area contributed by atoms with E-state index in [1.54, 1.807) is 6.92 Å². The van der Waals surface area contributed by atoms with Crippen LogP contribution in [0, 0.1) is 28.9 Å². The molecule has 31 heavy (non-hydrogen) atoms. The molecular formula is C24H19N3O4. The Bertz CT molecular complexity index is 1180. The molecule has 1 aromatic heterocycles.